The van der Waals surface area contributed by atoms with E-state index in [0.717, 1.165) is 22.4 Å². The fourth-order valence-corrected chi connectivity index (χ4v) is 4.34. The standard InChI is InChI=1S/C27H28ClN3O2/c1-20(27(33)29-25-14-8-6-12-23(25)21-9-3-2-4-10-21)30-15-17-31(18-16-30)26(32)19-22-11-5-7-13-24(22)28/h2-14,20H,15-19H2,1H3,(H,29,33). The molecule has 1 heterocycles. The maximum absolute atomic E-state index is 13.0. The Morgan fingerprint density at radius 2 is 1.52 bits per heavy atom. The summed E-state index contributed by atoms with van der Waals surface area (Å²) in [4.78, 5) is 29.7. The number of nitrogens with zero attached hydrogens (tertiary/aromatic N) is 2. The number of nitrogens with one attached hydrogen (secondary N) is 1. The Morgan fingerprint density at radius 3 is 2.24 bits per heavy atom. The molecule has 170 valence electrons. The highest BCUT2D eigenvalue weighted by Crippen LogP contribution is 2.28. The molecule has 1 aliphatic heterocycles. The van der Waals surface area contributed by atoms with Crippen molar-refractivity contribution in [1.82, 2.24) is 9.80 Å². The van der Waals surface area contributed by atoms with Crippen LogP contribution in [0.1, 0.15) is 12.5 Å². The highest BCUT2D eigenvalue weighted by atomic mass is 35.5. The molecule has 6 heteroatoms. The van der Waals surface area contributed by atoms with Crippen LogP contribution in [0.2, 0.25) is 5.02 Å². The van der Waals surface area contributed by atoms with Crippen LogP contribution in [-0.2, 0) is 16.0 Å². The largest absolute Gasteiger partial charge is 0.340 e. The lowest BCUT2D eigenvalue weighted by Crippen LogP contribution is -2.54. The van der Waals surface area contributed by atoms with E-state index in [1.807, 2.05) is 84.6 Å². The van der Waals surface area contributed by atoms with Crippen LogP contribution in [0.4, 0.5) is 5.69 Å². The highest BCUT2D eigenvalue weighted by Gasteiger charge is 2.28. The molecular weight excluding hydrogens is 434 g/mol. The van der Waals surface area contributed by atoms with Gasteiger partial charge in [-0.05, 0) is 30.2 Å². The zero-order valence-corrected chi connectivity index (χ0v) is 19.5. The van der Waals surface area contributed by atoms with Crippen molar-refractivity contribution in [1.29, 1.82) is 0 Å². The van der Waals surface area contributed by atoms with E-state index in [1.165, 1.54) is 0 Å². The van der Waals surface area contributed by atoms with Gasteiger partial charge in [0, 0.05) is 42.5 Å². The molecule has 1 saturated heterocycles. The molecule has 0 bridgehead atoms. The molecule has 0 saturated carbocycles. The van der Waals surface area contributed by atoms with E-state index >= 15 is 0 Å². The second-order valence-corrected chi connectivity index (χ2v) is 8.67. The van der Waals surface area contributed by atoms with Gasteiger partial charge in [0.2, 0.25) is 11.8 Å². The van der Waals surface area contributed by atoms with Gasteiger partial charge < -0.3 is 10.2 Å². The lowest BCUT2D eigenvalue weighted by atomic mass is 10.0. The third-order valence-corrected chi connectivity index (χ3v) is 6.53. The number of piperazine rings is 1. The average Bonchev–Trinajstić information content (AvgIpc) is 2.86. The van der Waals surface area contributed by atoms with Gasteiger partial charge in [0.25, 0.3) is 0 Å². The van der Waals surface area contributed by atoms with Crippen LogP contribution >= 0.6 is 11.6 Å². The summed E-state index contributed by atoms with van der Waals surface area (Å²) in [5.74, 6) is 0.0193. The Bertz CT molecular complexity index is 1110. The van der Waals surface area contributed by atoms with Crippen LogP contribution in [0.15, 0.2) is 78.9 Å². The SMILES string of the molecule is CC(C(=O)Nc1ccccc1-c1ccccc1)N1CCN(C(=O)Cc2ccccc2Cl)CC1. The molecule has 1 atom stereocenters. The van der Waals surface area contributed by atoms with Crippen LogP contribution < -0.4 is 5.32 Å². The van der Waals surface area contributed by atoms with E-state index in [-0.39, 0.29) is 17.9 Å². The van der Waals surface area contributed by atoms with Crippen LogP contribution in [-0.4, -0.2) is 53.8 Å². The smallest absolute Gasteiger partial charge is 0.241 e. The molecule has 1 fully saturated rings. The van der Waals surface area contributed by atoms with Gasteiger partial charge in [-0.3, -0.25) is 14.5 Å². The predicted octanol–water partition coefficient (Wildman–Crippen LogP) is 4.72. The number of para-hydroxylation sites is 1. The predicted molar refractivity (Wildman–Crippen MR) is 133 cm³/mol. The van der Waals surface area contributed by atoms with E-state index in [1.54, 1.807) is 6.07 Å². The van der Waals surface area contributed by atoms with Crippen LogP contribution in [0.3, 0.4) is 0 Å². The molecule has 2 amide bonds. The average molecular weight is 462 g/mol. The van der Waals surface area contributed by atoms with E-state index in [9.17, 15) is 9.59 Å². The topological polar surface area (TPSA) is 52.7 Å². The van der Waals surface area contributed by atoms with Crippen molar-refractivity contribution in [2.24, 2.45) is 0 Å². The molecule has 3 aromatic carbocycles. The summed E-state index contributed by atoms with van der Waals surface area (Å²) >= 11 is 6.20. The normalized spacial score (nSPS) is 15.2. The van der Waals surface area contributed by atoms with E-state index in [2.05, 4.69) is 10.2 Å². The molecule has 1 unspecified atom stereocenters. The molecule has 33 heavy (non-hydrogen) atoms. The number of anilines is 1. The minimum atomic E-state index is -0.297. The Labute approximate surface area is 200 Å². The number of carbonyl (C=O) groups is 2. The lowest BCUT2D eigenvalue weighted by molar-refractivity contribution is -0.133. The van der Waals surface area contributed by atoms with Crippen molar-refractivity contribution in [3.8, 4) is 11.1 Å². The van der Waals surface area contributed by atoms with Crippen molar-refractivity contribution in [3.63, 3.8) is 0 Å². The molecular formula is C27H28ClN3O2. The fraction of sp³-hybridized carbons (Fsp3) is 0.259. The molecule has 0 aliphatic carbocycles. The third kappa shape index (κ3) is 5.62. The number of hydrogen-bond acceptors (Lipinski definition) is 3. The van der Waals surface area contributed by atoms with Crippen molar-refractivity contribution in [3.05, 3.63) is 89.4 Å². The van der Waals surface area contributed by atoms with Gasteiger partial charge in [0.05, 0.1) is 12.5 Å². The molecule has 3 aromatic rings. The molecule has 4 rings (SSSR count). The number of amides is 2. The van der Waals surface area contributed by atoms with Gasteiger partial charge in [-0.1, -0.05) is 78.3 Å². The third-order valence-electron chi connectivity index (χ3n) is 6.16. The lowest BCUT2D eigenvalue weighted by Gasteiger charge is -2.37. The van der Waals surface area contributed by atoms with Crippen molar-refractivity contribution in [2.45, 2.75) is 19.4 Å². The van der Waals surface area contributed by atoms with Crippen LogP contribution in [0, 0.1) is 0 Å². The maximum atomic E-state index is 13.0. The van der Waals surface area contributed by atoms with Crippen molar-refractivity contribution < 1.29 is 9.59 Å². The highest BCUT2D eigenvalue weighted by molar-refractivity contribution is 6.31. The molecule has 0 spiro atoms. The Morgan fingerprint density at radius 1 is 0.879 bits per heavy atom. The Kier molecular flexibility index (Phi) is 7.43. The zero-order valence-electron chi connectivity index (χ0n) is 18.7. The molecule has 0 aromatic heterocycles. The minimum absolute atomic E-state index is 0.0470. The Hall–Kier alpha value is -3.15. The summed E-state index contributed by atoms with van der Waals surface area (Å²) in [6.45, 7) is 4.43. The number of carbonyl (C=O) groups excluding carboxylic acids is 2. The summed E-state index contributed by atoms with van der Waals surface area (Å²) in [6, 6.07) is 25.0. The summed E-state index contributed by atoms with van der Waals surface area (Å²) in [6.07, 6.45) is 0.298. The van der Waals surface area contributed by atoms with Gasteiger partial charge in [-0.2, -0.15) is 0 Å². The summed E-state index contributed by atoms with van der Waals surface area (Å²) < 4.78 is 0. The number of rotatable bonds is 6. The summed E-state index contributed by atoms with van der Waals surface area (Å²) in [7, 11) is 0. The van der Waals surface area contributed by atoms with Gasteiger partial charge in [-0.15, -0.1) is 0 Å². The van der Waals surface area contributed by atoms with Gasteiger partial charge in [-0.25, -0.2) is 0 Å². The second kappa shape index (κ2) is 10.6. The minimum Gasteiger partial charge on any atom is -0.340 e. The van der Waals surface area contributed by atoms with Crippen LogP contribution in [0.25, 0.3) is 11.1 Å². The maximum Gasteiger partial charge on any atom is 0.241 e. The first-order valence-electron chi connectivity index (χ1n) is 11.2. The van der Waals surface area contributed by atoms with E-state index < -0.39 is 0 Å². The van der Waals surface area contributed by atoms with Gasteiger partial charge in [0.1, 0.15) is 0 Å². The first-order valence-corrected chi connectivity index (χ1v) is 11.6. The zero-order chi connectivity index (χ0) is 23.2. The number of benzene rings is 3. The summed E-state index contributed by atoms with van der Waals surface area (Å²) in [5.41, 5.74) is 3.70. The molecule has 1 aliphatic rings. The first-order chi connectivity index (χ1) is 16.0. The van der Waals surface area contributed by atoms with Crippen molar-refractivity contribution >= 4 is 29.1 Å². The first kappa shape index (κ1) is 23.0. The number of halogens is 1. The molecule has 0 radical (unpaired) electrons. The fourth-order valence-electron chi connectivity index (χ4n) is 4.14. The quantitative estimate of drug-likeness (QED) is 0.577. The molecule has 5 nitrogen and oxygen atoms in total. The number of hydrogen-bond donors (Lipinski definition) is 1. The van der Waals surface area contributed by atoms with E-state index in [4.69, 9.17) is 11.6 Å². The van der Waals surface area contributed by atoms with Gasteiger partial charge in [0.15, 0.2) is 0 Å². The van der Waals surface area contributed by atoms with Crippen LogP contribution in [0.5, 0.6) is 0 Å². The second-order valence-electron chi connectivity index (χ2n) is 8.26. The molecule has 1 N–H and O–H groups in total. The Balaban J connectivity index is 1.34. The van der Waals surface area contributed by atoms with Gasteiger partial charge >= 0.3 is 0 Å². The van der Waals surface area contributed by atoms with Crippen molar-refractivity contribution in [2.75, 3.05) is 31.5 Å². The summed E-state index contributed by atoms with van der Waals surface area (Å²) in [5, 5.41) is 3.72. The van der Waals surface area contributed by atoms with E-state index in [0.29, 0.717) is 37.6 Å². The monoisotopic (exact) mass is 461 g/mol.